The number of aromatic nitrogens is 2. The monoisotopic (exact) mass is 934 g/mol. The van der Waals surface area contributed by atoms with Crippen LogP contribution < -0.4 is 10.6 Å². The molecule has 2 aliphatic heterocycles. The van der Waals surface area contributed by atoms with Crippen molar-refractivity contribution in [3.63, 3.8) is 0 Å². The minimum atomic E-state index is -1.99. The van der Waals surface area contributed by atoms with Gasteiger partial charge in [-0.1, -0.05) is 44.8 Å². The Morgan fingerprint density at radius 3 is 2.59 bits per heavy atom. The van der Waals surface area contributed by atoms with Crippen molar-refractivity contribution in [1.29, 1.82) is 0 Å². The van der Waals surface area contributed by atoms with Crippen molar-refractivity contribution < 1.29 is 53.0 Å². The molecular weight excluding hydrogens is 881 g/mol. The number of phenols is 1. The SMILES string of the molecule is CC#C/C=C\C#C[C@H](OC1OC(C)C(C(=O)c2nccc3c2[nH]c2ccc(O)cc23)CC1OC1CC(OC)C(NC(C)C)CO1)C1=C(NC(=O)OC)C(=O)C[C@H](O)/C1=C/CS(C)(=S)=S. The van der Waals surface area contributed by atoms with E-state index in [2.05, 4.69) is 44.3 Å². The molecule has 1 aromatic carbocycles. The number of allylic oxidation sites excluding steroid dienone is 3. The third-order valence-electron chi connectivity index (χ3n) is 11.0. The number of alkyl carbamates (subject to hydrolysis) is 1. The van der Waals surface area contributed by atoms with Gasteiger partial charge in [-0.2, -0.15) is 0 Å². The Morgan fingerprint density at radius 2 is 1.89 bits per heavy atom. The van der Waals surface area contributed by atoms with Gasteiger partial charge < -0.3 is 48.9 Å². The van der Waals surface area contributed by atoms with Crippen molar-refractivity contribution in [2.75, 3.05) is 32.8 Å². The summed E-state index contributed by atoms with van der Waals surface area (Å²) < 4.78 is 37.2. The first-order chi connectivity index (χ1) is 30.5. The lowest BCUT2D eigenvalue weighted by Crippen LogP contribution is -2.55. The highest BCUT2D eigenvalue weighted by atomic mass is 33.1. The van der Waals surface area contributed by atoms with Gasteiger partial charge in [0.15, 0.2) is 24.1 Å². The van der Waals surface area contributed by atoms with Crippen LogP contribution in [-0.2, 0) is 62.7 Å². The number of pyridine rings is 1. The highest BCUT2D eigenvalue weighted by molar-refractivity contribution is 8.56. The van der Waals surface area contributed by atoms with Gasteiger partial charge in [-0.25, -0.2) is 4.79 Å². The quantitative estimate of drug-likeness (QED) is 0.119. The molecule has 1 amide bonds. The van der Waals surface area contributed by atoms with Crippen LogP contribution in [0.15, 0.2) is 65.5 Å². The van der Waals surface area contributed by atoms with E-state index >= 15 is 0 Å². The Hall–Kier alpha value is -4.57. The maximum Gasteiger partial charge on any atom is 0.411 e. The predicted molar refractivity (Wildman–Crippen MR) is 249 cm³/mol. The van der Waals surface area contributed by atoms with E-state index in [1.807, 2.05) is 13.8 Å². The molecule has 3 aromatic rings. The number of Topliss-reactive ketones (excluding diaryl/α,β-unsaturated/α-hetero) is 2. The summed E-state index contributed by atoms with van der Waals surface area (Å²) >= 11 is 11.1. The van der Waals surface area contributed by atoms with Crippen molar-refractivity contribution in [1.82, 2.24) is 20.6 Å². The first-order valence-electron chi connectivity index (χ1n) is 20.8. The fourth-order valence-electron chi connectivity index (χ4n) is 8.08. The van der Waals surface area contributed by atoms with Gasteiger partial charge in [-0.3, -0.25) is 19.9 Å². The van der Waals surface area contributed by atoms with E-state index in [1.54, 1.807) is 63.8 Å². The summed E-state index contributed by atoms with van der Waals surface area (Å²) in [6, 6.07) is 6.74. The summed E-state index contributed by atoms with van der Waals surface area (Å²) in [5.74, 6) is 10.1. The molecule has 18 heteroatoms. The molecule has 15 nitrogen and oxygen atoms in total. The third kappa shape index (κ3) is 11.8. The lowest BCUT2D eigenvalue weighted by molar-refractivity contribution is -0.304. The average Bonchev–Trinajstić information content (AvgIpc) is 3.62. The smallest absolute Gasteiger partial charge is 0.411 e. The van der Waals surface area contributed by atoms with E-state index < -0.39 is 61.9 Å². The molecule has 1 aliphatic carbocycles. The van der Waals surface area contributed by atoms with Crippen molar-refractivity contribution in [2.24, 2.45) is 5.92 Å². The lowest BCUT2D eigenvalue weighted by Gasteiger charge is -2.43. The molecule has 2 fully saturated rings. The van der Waals surface area contributed by atoms with Crippen molar-refractivity contribution >= 4 is 69.0 Å². The number of aromatic amines is 1. The van der Waals surface area contributed by atoms with Gasteiger partial charge in [0.2, 0.25) is 0 Å². The summed E-state index contributed by atoms with van der Waals surface area (Å²) in [5.41, 5.74) is 1.49. The number of amides is 1. The van der Waals surface area contributed by atoms with Crippen molar-refractivity contribution in [3.05, 3.63) is 71.2 Å². The van der Waals surface area contributed by atoms with Gasteiger partial charge in [0.05, 0.1) is 55.2 Å². The highest BCUT2D eigenvalue weighted by Gasteiger charge is 2.46. The van der Waals surface area contributed by atoms with Crippen molar-refractivity contribution in [2.45, 2.75) is 102 Å². The Balaban J connectivity index is 1.44. The van der Waals surface area contributed by atoms with Gasteiger partial charge in [-0.15, -0.1) is 5.92 Å². The predicted octanol–water partition coefficient (Wildman–Crippen LogP) is 4.41. The summed E-state index contributed by atoms with van der Waals surface area (Å²) in [5, 5.41) is 29.2. The number of aliphatic hydroxyl groups excluding tert-OH is 1. The lowest BCUT2D eigenvalue weighted by atomic mass is 9.84. The fraction of sp³-hybridized carbons (Fsp3) is 0.478. The number of nitrogens with zero attached hydrogens (tertiary/aromatic N) is 1. The Labute approximate surface area is 382 Å². The van der Waals surface area contributed by atoms with E-state index in [0.717, 1.165) is 18.0 Å². The topological polar surface area (TPSA) is 200 Å². The van der Waals surface area contributed by atoms with Gasteiger partial charge in [-0.05, 0) is 90.9 Å². The molecule has 2 aromatic heterocycles. The Bertz CT molecular complexity index is 2580. The molecule has 0 spiro atoms. The van der Waals surface area contributed by atoms with E-state index in [9.17, 15) is 24.6 Å². The van der Waals surface area contributed by atoms with E-state index in [4.69, 9.17) is 50.8 Å². The zero-order chi connectivity index (χ0) is 46.3. The number of ether oxygens (including phenoxy) is 6. The molecule has 2 saturated heterocycles. The Morgan fingerprint density at radius 1 is 1.12 bits per heavy atom. The number of aromatic hydroxyl groups is 1. The first kappa shape index (κ1) is 48.9. The number of methoxy groups -OCH3 is 2. The third-order valence-corrected chi connectivity index (χ3v) is 12.6. The highest BCUT2D eigenvalue weighted by Crippen LogP contribution is 2.38. The summed E-state index contributed by atoms with van der Waals surface area (Å²) in [6.07, 6.45) is 0.175. The van der Waals surface area contributed by atoms with Crippen LogP contribution in [0.25, 0.3) is 21.8 Å². The number of H-pyrrole nitrogens is 1. The van der Waals surface area contributed by atoms with Crippen molar-refractivity contribution in [3.8, 4) is 29.4 Å². The van der Waals surface area contributed by atoms with Gasteiger partial charge in [0.1, 0.15) is 23.7 Å². The molecule has 6 rings (SSSR count). The number of hydrogen-bond acceptors (Lipinski definition) is 15. The molecule has 0 saturated carbocycles. The van der Waals surface area contributed by atoms with Crippen LogP contribution in [0, 0.1) is 29.6 Å². The van der Waals surface area contributed by atoms with Crippen LogP contribution in [0.4, 0.5) is 4.79 Å². The molecular formula is C46H54N4O11S3. The number of hydrogen-bond donors (Lipinski definition) is 5. The molecule has 7 unspecified atom stereocenters. The molecule has 0 bridgehead atoms. The number of ketones is 2. The molecule has 3 aliphatic rings. The largest absolute Gasteiger partial charge is 0.508 e. The Kier molecular flexibility index (Phi) is 16.5. The van der Waals surface area contributed by atoms with Crippen LogP contribution in [0.1, 0.15) is 57.4 Å². The second-order valence-corrected chi connectivity index (χ2v) is 23.3. The minimum absolute atomic E-state index is 0.0511. The maximum absolute atomic E-state index is 14.7. The number of rotatable bonds is 13. The summed E-state index contributed by atoms with van der Waals surface area (Å²) in [6.45, 7) is 7.74. The number of nitrogens with one attached hydrogen (secondary N) is 3. The zero-order valence-electron chi connectivity index (χ0n) is 36.7. The van der Waals surface area contributed by atoms with Crippen LogP contribution in [-0.4, -0.2) is 126 Å². The average molecular weight is 935 g/mol. The maximum atomic E-state index is 14.7. The first-order valence-corrected chi connectivity index (χ1v) is 24.8. The normalized spacial score (nSPS) is 26.5. The molecule has 342 valence electrons. The molecule has 64 heavy (non-hydrogen) atoms. The number of fused-ring (bicyclic) bond motifs is 3. The number of carbonyl (C=O) groups is 3. The number of benzene rings is 1. The molecule has 9 atom stereocenters. The van der Waals surface area contributed by atoms with Crippen LogP contribution in [0.3, 0.4) is 0 Å². The van der Waals surface area contributed by atoms with E-state index in [0.29, 0.717) is 17.3 Å². The molecule has 0 radical (unpaired) electrons. The van der Waals surface area contributed by atoms with Crippen LogP contribution >= 0.6 is 0 Å². The van der Waals surface area contributed by atoms with Crippen LogP contribution in [0.5, 0.6) is 5.75 Å². The second-order valence-electron chi connectivity index (χ2n) is 16.1. The van der Waals surface area contributed by atoms with Gasteiger partial charge in [0.25, 0.3) is 0 Å². The fourth-order valence-corrected chi connectivity index (χ4v) is 8.97. The molecule has 4 heterocycles. The summed E-state index contributed by atoms with van der Waals surface area (Å²) in [4.78, 5) is 49.1. The second kappa shape index (κ2) is 21.6. The van der Waals surface area contributed by atoms with E-state index in [1.165, 1.54) is 12.2 Å². The number of phenolic OH excluding ortho intramolecular Hbond substituents is 1. The number of aliphatic hydroxyl groups is 1. The van der Waals surface area contributed by atoms with Crippen LogP contribution in [0.2, 0.25) is 0 Å². The standard InChI is InChI=1S/C46H54N4O11S3/c1-8-9-10-11-12-13-36(40-29(17-19-64(7,62)63)34(52)22-35(53)42(40)50-46(55)57-6)61-45-38(60-39-23-37(56-5)33(24-58-39)48-25(2)3)21-30(26(4)59-45)44(54)43-41-28(16-18-47-43)31-20-27(51)14-15-32(31)49-41/h10-11,14-18,20,25-26,30,33-34,36-39,45,48-49,51-52H,19,21-24H2,1-7H3,(H,50,55)/b11-10-,29-17-/t26?,30?,33?,34-,36-,37?,38?,39?,45?/m0/s1. The molecule has 5 N–H and O–H groups in total. The van der Waals surface area contributed by atoms with E-state index in [-0.39, 0.29) is 77.5 Å². The zero-order valence-corrected chi connectivity index (χ0v) is 39.1. The summed E-state index contributed by atoms with van der Waals surface area (Å²) in [7, 11) is 0.791. The minimum Gasteiger partial charge on any atom is -0.508 e. The van der Waals surface area contributed by atoms with Gasteiger partial charge >= 0.3 is 6.09 Å². The van der Waals surface area contributed by atoms with Gasteiger partial charge in [0, 0.05) is 59.8 Å². The number of carbonyl (C=O) groups excluding carboxylic acids is 3.